The lowest BCUT2D eigenvalue weighted by molar-refractivity contribution is -0.869. The highest BCUT2D eigenvalue weighted by atomic mass is 35.5. The maximum Gasteiger partial charge on any atom is 0.140 e. The summed E-state index contributed by atoms with van der Waals surface area (Å²) >= 11 is 11.3. The molecule has 5 heteroatoms. The van der Waals surface area contributed by atoms with Crippen LogP contribution in [0.25, 0.3) is 0 Å². The van der Waals surface area contributed by atoms with Gasteiger partial charge >= 0.3 is 0 Å². The molecule has 0 aliphatic rings. The summed E-state index contributed by atoms with van der Waals surface area (Å²) in [6.45, 7) is 4.52. The molecule has 0 aromatic heterocycles. The SMILES string of the molecule is CC(C)(CC(=O)CC[N+](C)(C)C)N(Cl)Cl. The van der Waals surface area contributed by atoms with E-state index in [-0.39, 0.29) is 5.78 Å². The average molecular weight is 256 g/mol. The molecule has 0 fully saturated rings. The fraction of sp³-hybridized carbons (Fsp3) is 0.900. The van der Waals surface area contributed by atoms with Crippen LogP contribution in [0.1, 0.15) is 26.7 Å². The number of nitrogens with zero attached hydrogens (tertiary/aromatic N) is 2. The molecular formula is C10H21Cl2N2O+. The van der Waals surface area contributed by atoms with E-state index in [9.17, 15) is 4.79 Å². The second-order valence-electron chi connectivity index (χ2n) is 5.52. The molecule has 0 aromatic rings. The monoisotopic (exact) mass is 255 g/mol. The third kappa shape index (κ3) is 7.12. The van der Waals surface area contributed by atoms with Gasteiger partial charge in [0.1, 0.15) is 5.78 Å². The van der Waals surface area contributed by atoms with Crippen LogP contribution in [0, 0.1) is 0 Å². The molecule has 15 heavy (non-hydrogen) atoms. The fourth-order valence-electron chi connectivity index (χ4n) is 1.09. The van der Waals surface area contributed by atoms with Crippen LogP contribution < -0.4 is 0 Å². The molecule has 0 aliphatic carbocycles. The number of carbonyl (C=O) groups is 1. The quantitative estimate of drug-likeness (QED) is 0.537. The van der Waals surface area contributed by atoms with Crippen molar-refractivity contribution in [3.8, 4) is 0 Å². The summed E-state index contributed by atoms with van der Waals surface area (Å²) in [6.07, 6.45) is 0.939. The second-order valence-corrected chi connectivity index (χ2v) is 6.37. The van der Waals surface area contributed by atoms with Crippen molar-refractivity contribution < 1.29 is 9.28 Å². The predicted octanol–water partition coefficient (Wildman–Crippen LogP) is 2.43. The lowest BCUT2D eigenvalue weighted by Gasteiger charge is -2.28. The summed E-state index contributed by atoms with van der Waals surface area (Å²) in [4.78, 5) is 11.7. The van der Waals surface area contributed by atoms with E-state index in [1.165, 1.54) is 0 Å². The zero-order chi connectivity index (χ0) is 12.3. The lowest BCUT2D eigenvalue weighted by Crippen LogP contribution is -2.38. The van der Waals surface area contributed by atoms with Gasteiger partial charge in [0, 0.05) is 6.42 Å². The summed E-state index contributed by atoms with van der Waals surface area (Å²) in [5, 5.41) is 0. The van der Waals surface area contributed by atoms with Gasteiger partial charge in [-0.2, -0.15) is 0 Å². The highest BCUT2D eigenvalue weighted by Gasteiger charge is 2.28. The molecule has 0 heterocycles. The zero-order valence-electron chi connectivity index (χ0n) is 10.2. The van der Waals surface area contributed by atoms with Gasteiger partial charge in [-0.1, -0.05) is 0 Å². The van der Waals surface area contributed by atoms with Crippen molar-refractivity contribution in [3.63, 3.8) is 0 Å². The minimum atomic E-state index is -0.495. The van der Waals surface area contributed by atoms with Crippen molar-refractivity contribution in [3.05, 3.63) is 0 Å². The molecule has 0 aliphatic heterocycles. The number of carbonyl (C=O) groups excluding carboxylic acids is 1. The molecule has 0 rings (SSSR count). The molecule has 0 unspecified atom stereocenters. The number of halogens is 2. The topological polar surface area (TPSA) is 20.3 Å². The van der Waals surface area contributed by atoms with Gasteiger partial charge in [-0.25, -0.2) is 0 Å². The Morgan fingerprint density at radius 2 is 1.73 bits per heavy atom. The van der Waals surface area contributed by atoms with Gasteiger partial charge in [0.05, 0.1) is 39.6 Å². The Balaban J connectivity index is 4.05. The first-order valence-corrected chi connectivity index (χ1v) is 5.66. The first-order valence-electron chi connectivity index (χ1n) is 4.98. The first kappa shape index (κ1) is 15.2. The van der Waals surface area contributed by atoms with Gasteiger partial charge in [0.2, 0.25) is 0 Å². The number of hydrogen-bond acceptors (Lipinski definition) is 2. The Hall–Kier alpha value is 0.170. The van der Waals surface area contributed by atoms with Gasteiger partial charge in [-0.3, -0.25) is 4.79 Å². The Bertz CT molecular complexity index is 222. The van der Waals surface area contributed by atoms with E-state index in [4.69, 9.17) is 23.6 Å². The third-order valence-electron chi connectivity index (χ3n) is 2.15. The van der Waals surface area contributed by atoms with E-state index in [0.29, 0.717) is 12.8 Å². The predicted molar refractivity (Wildman–Crippen MR) is 64.8 cm³/mol. The molecule has 0 atom stereocenters. The minimum Gasteiger partial charge on any atom is -0.331 e. The van der Waals surface area contributed by atoms with Crippen LogP contribution in [-0.2, 0) is 4.79 Å². The Morgan fingerprint density at radius 1 is 1.27 bits per heavy atom. The van der Waals surface area contributed by atoms with Crippen molar-refractivity contribution in [2.24, 2.45) is 0 Å². The third-order valence-corrected chi connectivity index (χ3v) is 3.06. The molecule has 0 spiro atoms. The molecule has 0 saturated carbocycles. The fourth-order valence-corrected chi connectivity index (χ4v) is 1.21. The Morgan fingerprint density at radius 3 is 2.07 bits per heavy atom. The number of rotatable bonds is 6. The average Bonchev–Trinajstić information content (AvgIpc) is 1.98. The summed E-state index contributed by atoms with van der Waals surface area (Å²) in [5.41, 5.74) is -0.495. The second kappa shape index (κ2) is 5.48. The Kier molecular flexibility index (Phi) is 5.55. The summed E-state index contributed by atoms with van der Waals surface area (Å²) < 4.78 is 1.84. The van der Waals surface area contributed by atoms with E-state index in [0.717, 1.165) is 15.0 Å². The lowest BCUT2D eigenvalue weighted by atomic mass is 9.97. The normalized spacial score (nSPS) is 13.3. The molecule has 3 nitrogen and oxygen atoms in total. The van der Waals surface area contributed by atoms with Crippen LogP contribution in [0.4, 0.5) is 0 Å². The maximum absolute atomic E-state index is 11.7. The largest absolute Gasteiger partial charge is 0.331 e. The standard InChI is InChI=1S/C10H21Cl2N2O/c1-10(2,13(11)12)8-9(15)6-7-14(3,4)5/h6-8H2,1-5H3/q+1. The van der Waals surface area contributed by atoms with Crippen LogP contribution in [0.15, 0.2) is 0 Å². The highest BCUT2D eigenvalue weighted by molar-refractivity contribution is 6.34. The van der Waals surface area contributed by atoms with Crippen molar-refractivity contribution in [2.45, 2.75) is 32.2 Å². The Labute approximate surface area is 103 Å². The highest BCUT2D eigenvalue weighted by Crippen LogP contribution is 2.24. The summed E-state index contributed by atoms with van der Waals surface area (Å²) in [6, 6.07) is 0. The number of quaternary nitrogens is 1. The van der Waals surface area contributed by atoms with Crippen LogP contribution in [0.5, 0.6) is 0 Å². The van der Waals surface area contributed by atoms with Crippen LogP contribution in [-0.4, -0.2) is 47.4 Å². The first-order chi connectivity index (χ1) is 6.54. The van der Waals surface area contributed by atoms with E-state index in [1.54, 1.807) is 0 Å². The van der Waals surface area contributed by atoms with Gasteiger partial charge in [-0.15, -0.1) is 3.94 Å². The van der Waals surface area contributed by atoms with Crippen LogP contribution in [0.2, 0.25) is 0 Å². The van der Waals surface area contributed by atoms with E-state index < -0.39 is 5.54 Å². The number of ketones is 1. The molecule has 0 aromatic carbocycles. The maximum atomic E-state index is 11.7. The minimum absolute atomic E-state index is 0.194. The number of Topliss-reactive ketones (excluding diaryl/α,β-unsaturated/α-hetero) is 1. The van der Waals surface area contributed by atoms with E-state index in [1.807, 2.05) is 13.8 Å². The van der Waals surface area contributed by atoms with Crippen molar-refractivity contribution in [2.75, 3.05) is 27.7 Å². The van der Waals surface area contributed by atoms with Gasteiger partial charge in [0.25, 0.3) is 0 Å². The molecule has 0 N–H and O–H groups in total. The van der Waals surface area contributed by atoms with Crippen LogP contribution in [0.3, 0.4) is 0 Å². The molecule has 0 radical (unpaired) electrons. The molecule has 0 saturated heterocycles. The molecule has 90 valence electrons. The zero-order valence-corrected chi connectivity index (χ0v) is 11.7. The van der Waals surface area contributed by atoms with Crippen LogP contribution >= 0.6 is 23.6 Å². The van der Waals surface area contributed by atoms with Gasteiger partial charge in [0.15, 0.2) is 0 Å². The van der Waals surface area contributed by atoms with Crippen molar-refractivity contribution >= 4 is 29.3 Å². The van der Waals surface area contributed by atoms with Crippen molar-refractivity contribution in [1.29, 1.82) is 0 Å². The summed E-state index contributed by atoms with van der Waals surface area (Å²) in [5.74, 6) is 0.194. The number of hydrogen-bond donors (Lipinski definition) is 0. The summed E-state index contributed by atoms with van der Waals surface area (Å²) in [7, 11) is 6.19. The molecule has 0 amide bonds. The van der Waals surface area contributed by atoms with Gasteiger partial charge in [-0.05, 0) is 37.4 Å². The molecule has 0 bridgehead atoms. The van der Waals surface area contributed by atoms with E-state index in [2.05, 4.69) is 21.1 Å². The van der Waals surface area contributed by atoms with E-state index >= 15 is 0 Å². The van der Waals surface area contributed by atoms with Crippen molar-refractivity contribution in [1.82, 2.24) is 3.94 Å². The molecular weight excluding hydrogens is 235 g/mol. The van der Waals surface area contributed by atoms with Gasteiger partial charge < -0.3 is 4.48 Å². The smallest absolute Gasteiger partial charge is 0.140 e.